The van der Waals surface area contributed by atoms with E-state index in [-0.39, 0.29) is 11.9 Å². The van der Waals surface area contributed by atoms with Crippen LogP contribution in [0.5, 0.6) is 5.75 Å². The molecule has 0 atom stereocenters. The molecule has 6 nitrogen and oxygen atoms in total. The first-order valence-electron chi connectivity index (χ1n) is 6.54. The number of ether oxygens (including phenoxy) is 1. The first-order valence-corrected chi connectivity index (χ1v) is 6.54. The fraction of sp³-hybridized carbons (Fsp3) is 0.429. The van der Waals surface area contributed by atoms with Gasteiger partial charge in [-0.3, -0.25) is 4.79 Å². The van der Waals surface area contributed by atoms with Crippen molar-refractivity contribution in [3.63, 3.8) is 0 Å². The van der Waals surface area contributed by atoms with Crippen molar-refractivity contribution < 1.29 is 14.3 Å². The van der Waals surface area contributed by atoms with Crippen LogP contribution in [0.2, 0.25) is 0 Å². The van der Waals surface area contributed by atoms with Crippen LogP contribution in [-0.2, 0) is 4.79 Å². The highest BCUT2D eigenvalue weighted by molar-refractivity contribution is 5.90. The Labute approximate surface area is 118 Å². The number of amides is 3. The van der Waals surface area contributed by atoms with Crippen LogP contribution in [0.25, 0.3) is 0 Å². The van der Waals surface area contributed by atoms with Gasteiger partial charge in [0.25, 0.3) is 0 Å². The molecule has 20 heavy (non-hydrogen) atoms. The van der Waals surface area contributed by atoms with Crippen molar-refractivity contribution in [2.45, 2.75) is 6.42 Å². The number of benzene rings is 1. The minimum absolute atomic E-state index is 0.0738. The van der Waals surface area contributed by atoms with Crippen molar-refractivity contribution >= 4 is 17.6 Å². The fourth-order valence-corrected chi connectivity index (χ4v) is 2.01. The molecule has 1 N–H and O–H groups in total. The third-order valence-electron chi connectivity index (χ3n) is 3.36. The van der Waals surface area contributed by atoms with Crippen molar-refractivity contribution in [2.75, 3.05) is 39.1 Å². The molecule has 6 heteroatoms. The SMILES string of the molecule is COc1ccc(NC(=O)N2CCC(=O)N(C)CC2)cc1. The fourth-order valence-electron chi connectivity index (χ4n) is 2.01. The minimum Gasteiger partial charge on any atom is -0.497 e. The Kier molecular flexibility index (Phi) is 4.45. The van der Waals surface area contributed by atoms with Gasteiger partial charge in [0.05, 0.1) is 7.11 Å². The van der Waals surface area contributed by atoms with Gasteiger partial charge < -0.3 is 19.9 Å². The molecule has 1 fully saturated rings. The van der Waals surface area contributed by atoms with E-state index in [4.69, 9.17) is 4.74 Å². The summed E-state index contributed by atoms with van der Waals surface area (Å²) < 4.78 is 5.06. The van der Waals surface area contributed by atoms with E-state index in [1.165, 1.54) is 0 Å². The first kappa shape index (κ1) is 14.2. The van der Waals surface area contributed by atoms with Crippen LogP contribution in [0.1, 0.15) is 6.42 Å². The topological polar surface area (TPSA) is 61.9 Å². The Morgan fingerprint density at radius 1 is 1.20 bits per heavy atom. The second-order valence-corrected chi connectivity index (χ2v) is 4.71. The lowest BCUT2D eigenvalue weighted by molar-refractivity contribution is -0.129. The number of rotatable bonds is 2. The monoisotopic (exact) mass is 277 g/mol. The second-order valence-electron chi connectivity index (χ2n) is 4.71. The molecule has 0 saturated carbocycles. The highest BCUT2D eigenvalue weighted by atomic mass is 16.5. The number of carbonyl (C=O) groups excluding carboxylic acids is 2. The number of carbonyl (C=O) groups is 2. The normalized spacial score (nSPS) is 15.8. The Balaban J connectivity index is 1.95. The predicted molar refractivity (Wildman–Crippen MR) is 75.8 cm³/mol. The van der Waals surface area contributed by atoms with Crippen LogP contribution in [0.15, 0.2) is 24.3 Å². The number of likely N-dealkylation sites (N-methyl/N-ethyl adjacent to an activating group) is 1. The number of hydrogen-bond donors (Lipinski definition) is 1. The molecule has 0 aliphatic carbocycles. The van der Waals surface area contributed by atoms with Gasteiger partial charge in [0, 0.05) is 38.8 Å². The maximum Gasteiger partial charge on any atom is 0.321 e. The van der Waals surface area contributed by atoms with E-state index in [1.54, 1.807) is 48.2 Å². The van der Waals surface area contributed by atoms with E-state index < -0.39 is 0 Å². The lowest BCUT2D eigenvalue weighted by Crippen LogP contribution is -2.37. The first-order chi connectivity index (χ1) is 9.60. The Hall–Kier alpha value is -2.24. The number of hydrogen-bond acceptors (Lipinski definition) is 3. The summed E-state index contributed by atoms with van der Waals surface area (Å²) in [6.45, 7) is 1.56. The zero-order valence-electron chi connectivity index (χ0n) is 11.8. The summed E-state index contributed by atoms with van der Waals surface area (Å²) in [7, 11) is 3.35. The maximum atomic E-state index is 12.1. The molecule has 0 aromatic heterocycles. The average molecular weight is 277 g/mol. The van der Waals surface area contributed by atoms with Gasteiger partial charge in [0.2, 0.25) is 5.91 Å². The summed E-state index contributed by atoms with van der Waals surface area (Å²) >= 11 is 0. The van der Waals surface area contributed by atoms with Crippen molar-refractivity contribution in [3.8, 4) is 5.75 Å². The number of nitrogens with one attached hydrogen (secondary N) is 1. The number of methoxy groups -OCH3 is 1. The highest BCUT2D eigenvalue weighted by Gasteiger charge is 2.21. The molecule has 1 aromatic rings. The average Bonchev–Trinajstić information content (AvgIpc) is 2.63. The highest BCUT2D eigenvalue weighted by Crippen LogP contribution is 2.15. The van der Waals surface area contributed by atoms with E-state index in [9.17, 15) is 9.59 Å². The predicted octanol–water partition coefficient (Wildman–Crippen LogP) is 1.39. The van der Waals surface area contributed by atoms with Gasteiger partial charge in [0.1, 0.15) is 5.75 Å². The van der Waals surface area contributed by atoms with Crippen LogP contribution in [-0.4, -0.2) is 55.5 Å². The number of urea groups is 1. The van der Waals surface area contributed by atoms with E-state index >= 15 is 0 Å². The maximum absolute atomic E-state index is 12.1. The van der Waals surface area contributed by atoms with Gasteiger partial charge in [-0.25, -0.2) is 4.79 Å². The van der Waals surface area contributed by atoms with Crippen molar-refractivity contribution in [1.29, 1.82) is 0 Å². The molecule has 0 radical (unpaired) electrons. The molecule has 0 spiro atoms. The summed E-state index contributed by atoms with van der Waals surface area (Å²) in [5, 5.41) is 2.82. The van der Waals surface area contributed by atoms with Crippen molar-refractivity contribution in [1.82, 2.24) is 9.80 Å². The third-order valence-corrected chi connectivity index (χ3v) is 3.36. The molecule has 1 heterocycles. The molecule has 1 saturated heterocycles. The van der Waals surface area contributed by atoms with Gasteiger partial charge in [-0.05, 0) is 24.3 Å². The second kappa shape index (κ2) is 6.27. The Morgan fingerprint density at radius 3 is 2.55 bits per heavy atom. The minimum atomic E-state index is -0.182. The molecule has 1 aliphatic heterocycles. The largest absolute Gasteiger partial charge is 0.497 e. The van der Waals surface area contributed by atoms with E-state index in [0.717, 1.165) is 5.75 Å². The van der Waals surface area contributed by atoms with Gasteiger partial charge in [-0.1, -0.05) is 0 Å². The molecule has 108 valence electrons. The Bertz CT molecular complexity index is 487. The van der Waals surface area contributed by atoms with E-state index in [0.29, 0.717) is 31.7 Å². The standard InChI is InChI=1S/C14H19N3O3/c1-16-9-10-17(8-7-13(16)18)14(19)15-11-3-5-12(20-2)6-4-11/h3-6H,7-10H2,1-2H3,(H,15,19). The van der Waals surface area contributed by atoms with Crippen molar-refractivity contribution in [2.24, 2.45) is 0 Å². The summed E-state index contributed by atoms with van der Waals surface area (Å²) in [6.07, 6.45) is 0.368. The number of anilines is 1. The van der Waals surface area contributed by atoms with Crippen LogP contribution in [0.3, 0.4) is 0 Å². The van der Waals surface area contributed by atoms with E-state index in [2.05, 4.69) is 5.32 Å². The summed E-state index contributed by atoms with van der Waals surface area (Å²) in [4.78, 5) is 27.0. The molecule has 0 bridgehead atoms. The molecule has 0 unspecified atom stereocenters. The Morgan fingerprint density at radius 2 is 1.90 bits per heavy atom. The quantitative estimate of drug-likeness (QED) is 0.888. The van der Waals surface area contributed by atoms with Gasteiger partial charge in [-0.2, -0.15) is 0 Å². The molecule has 1 aromatic carbocycles. The zero-order chi connectivity index (χ0) is 14.5. The van der Waals surface area contributed by atoms with Crippen LogP contribution < -0.4 is 10.1 Å². The molecule has 3 amide bonds. The molecular formula is C14H19N3O3. The summed E-state index contributed by atoms with van der Waals surface area (Å²) in [6, 6.07) is 6.96. The van der Waals surface area contributed by atoms with Crippen molar-refractivity contribution in [3.05, 3.63) is 24.3 Å². The number of nitrogens with zero attached hydrogens (tertiary/aromatic N) is 2. The lowest BCUT2D eigenvalue weighted by Gasteiger charge is -2.20. The molecular weight excluding hydrogens is 258 g/mol. The van der Waals surface area contributed by atoms with Gasteiger partial charge >= 0.3 is 6.03 Å². The van der Waals surface area contributed by atoms with E-state index in [1.807, 2.05) is 0 Å². The summed E-state index contributed by atoms with van der Waals surface area (Å²) in [5.41, 5.74) is 0.708. The smallest absolute Gasteiger partial charge is 0.321 e. The van der Waals surface area contributed by atoms with Crippen LogP contribution in [0, 0.1) is 0 Å². The van der Waals surface area contributed by atoms with Gasteiger partial charge in [-0.15, -0.1) is 0 Å². The third kappa shape index (κ3) is 3.40. The van der Waals surface area contributed by atoms with Gasteiger partial charge in [0.15, 0.2) is 0 Å². The lowest BCUT2D eigenvalue weighted by atomic mass is 10.3. The van der Waals surface area contributed by atoms with Crippen LogP contribution >= 0.6 is 0 Å². The molecule has 1 aliphatic rings. The summed E-state index contributed by atoms with van der Waals surface area (Å²) in [5.74, 6) is 0.815. The zero-order valence-corrected chi connectivity index (χ0v) is 11.8. The molecule has 2 rings (SSSR count). The van der Waals surface area contributed by atoms with Crippen LogP contribution in [0.4, 0.5) is 10.5 Å².